The molecule has 0 saturated carbocycles. The van der Waals surface area contributed by atoms with E-state index in [-0.39, 0.29) is 5.78 Å². The molecule has 1 heterocycles. The number of fused-ring (bicyclic) bond motifs is 1. The minimum Gasteiger partial charge on any atom is -0.294 e. The number of carbonyl (C=O) groups is 1. The molecule has 2 nitrogen and oxygen atoms in total. The summed E-state index contributed by atoms with van der Waals surface area (Å²) in [7, 11) is 0. The number of benzene rings is 1. The van der Waals surface area contributed by atoms with E-state index in [1.54, 1.807) is 12.3 Å². The van der Waals surface area contributed by atoms with Crippen molar-refractivity contribution in [2.75, 3.05) is 0 Å². The Morgan fingerprint density at radius 2 is 2.12 bits per heavy atom. The molecule has 0 radical (unpaired) electrons. The van der Waals surface area contributed by atoms with Crippen molar-refractivity contribution < 1.29 is 4.79 Å². The minimum atomic E-state index is 0.0801. The Bertz CT molecular complexity index is 561. The highest BCUT2D eigenvalue weighted by Crippen LogP contribution is 2.17. The predicted octanol–water partition coefficient (Wildman–Crippen LogP) is 2.83. The van der Waals surface area contributed by atoms with Crippen LogP contribution in [0.4, 0.5) is 0 Å². The second-order valence-electron chi connectivity index (χ2n) is 3.50. The molecule has 0 aliphatic carbocycles. The number of nitrogens with zero attached hydrogens (tertiary/aromatic N) is 1. The first-order chi connectivity index (χ1) is 7.83. The Morgan fingerprint density at radius 1 is 1.31 bits per heavy atom. The van der Waals surface area contributed by atoms with Gasteiger partial charge >= 0.3 is 0 Å². The summed E-state index contributed by atoms with van der Waals surface area (Å²) in [4.78, 5) is 16.1. The smallest absolute Gasteiger partial charge is 0.164 e. The molecule has 0 unspecified atom stereocenters. The van der Waals surface area contributed by atoms with Crippen molar-refractivity contribution in [1.82, 2.24) is 4.98 Å². The van der Waals surface area contributed by atoms with Crippen LogP contribution in [0.2, 0.25) is 0 Å². The molecule has 2 heteroatoms. The van der Waals surface area contributed by atoms with Gasteiger partial charge in [-0.05, 0) is 12.1 Å². The van der Waals surface area contributed by atoms with Crippen molar-refractivity contribution in [3.63, 3.8) is 0 Å². The highest BCUT2D eigenvalue weighted by atomic mass is 16.1. The fraction of sp³-hybridized carbons (Fsp3) is 0.143. The zero-order chi connectivity index (χ0) is 11.4. The number of hydrogen-bond acceptors (Lipinski definition) is 2. The van der Waals surface area contributed by atoms with Gasteiger partial charge in [-0.25, -0.2) is 0 Å². The summed E-state index contributed by atoms with van der Waals surface area (Å²) < 4.78 is 0. The largest absolute Gasteiger partial charge is 0.294 e. The van der Waals surface area contributed by atoms with E-state index in [1.807, 2.05) is 24.3 Å². The Morgan fingerprint density at radius 3 is 2.94 bits per heavy atom. The summed E-state index contributed by atoms with van der Waals surface area (Å²) in [6, 6.07) is 9.37. The summed E-state index contributed by atoms with van der Waals surface area (Å²) >= 11 is 0. The van der Waals surface area contributed by atoms with Gasteiger partial charge in [-0.2, -0.15) is 0 Å². The molecule has 0 amide bonds. The summed E-state index contributed by atoms with van der Waals surface area (Å²) in [5.74, 6) is 2.56. The predicted molar refractivity (Wildman–Crippen MR) is 64.1 cm³/mol. The topological polar surface area (TPSA) is 30.0 Å². The molecule has 0 spiro atoms. The Hall–Kier alpha value is -2.14. The van der Waals surface area contributed by atoms with Crippen LogP contribution >= 0.6 is 0 Å². The van der Waals surface area contributed by atoms with Crippen LogP contribution in [0.3, 0.4) is 0 Å². The van der Waals surface area contributed by atoms with Gasteiger partial charge < -0.3 is 0 Å². The van der Waals surface area contributed by atoms with Crippen molar-refractivity contribution in [2.45, 2.75) is 12.8 Å². The van der Waals surface area contributed by atoms with Gasteiger partial charge in [0.15, 0.2) is 5.78 Å². The number of aromatic nitrogens is 1. The molecule has 2 aromatic rings. The average Bonchev–Trinajstić information content (AvgIpc) is 2.35. The maximum absolute atomic E-state index is 11.9. The van der Waals surface area contributed by atoms with Crippen LogP contribution < -0.4 is 0 Å². The normalized spacial score (nSPS) is 9.94. The Labute approximate surface area is 94.3 Å². The van der Waals surface area contributed by atoms with Crippen LogP contribution in [0, 0.1) is 12.3 Å². The van der Waals surface area contributed by atoms with E-state index in [2.05, 4.69) is 10.9 Å². The van der Waals surface area contributed by atoms with Gasteiger partial charge in [0.05, 0.1) is 5.52 Å². The molecule has 2 rings (SSSR count). The van der Waals surface area contributed by atoms with Crippen molar-refractivity contribution >= 4 is 16.7 Å². The van der Waals surface area contributed by atoms with E-state index >= 15 is 0 Å². The molecule has 78 valence electrons. The molecule has 0 aliphatic rings. The van der Waals surface area contributed by atoms with Gasteiger partial charge in [-0.1, -0.05) is 18.2 Å². The molecule has 0 aliphatic heterocycles. The lowest BCUT2D eigenvalue weighted by molar-refractivity contribution is 0.0986. The summed E-state index contributed by atoms with van der Waals surface area (Å²) in [6.07, 6.45) is 7.69. The first-order valence-corrected chi connectivity index (χ1v) is 5.13. The number of terminal acetylenes is 1. The maximum Gasteiger partial charge on any atom is 0.164 e. The summed E-state index contributed by atoms with van der Waals surface area (Å²) in [6.45, 7) is 0. The lowest BCUT2D eigenvalue weighted by Gasteiger charge is -2.03. The molecule has 0 saturated heterocycles. The van der Waals surface area contributed by atoms with Crippen LogP contribution in [-0.4, -0.2) is 10.8 Å². The van der Waals surface area contributed by atoms with E-state index in [9.17, 15) is 4.79 Å². The first kappa shape index (κ1) is 10.4. The van der Waals surface area contributed by atoms with Gasteiger partial charge in [0, 0.05) is 30.0 Å². The number of rotatable bonds is 3. The number of hydrogen-bond donors (Lipinski definition) is 0. The van der Waals surface area contributed by atoms with Crippen molar-refractivity contribution in [3.8, 4) is 12.3 Å². The van der Waals surface area contributed by atoms with Crippen molar-refractivity contribution in [2.24, 2.45) is 0 Å². The second-order valence-corrected chi connectivity index (χ2v) is 3.50. The molecule has 1 aromatic heterocycles. The van der Waals surface area contributed by atoms with Crippen molar-refractivity contribution in [3.05, 3.63) is 42.1 Å². The molecule has 0 fully saturated rings. The molecule has 0 atom stereocenters. The number of ketones is 1. The van der Waals surface area contributed by atoms with E-state index in [0.29, 0.717) is 18.4 Å². The highest BCUT2D eigenvalue weighted by molar-refractivity contribution is 6.07. The fourth-order valence-electron chi connectivity index (χ4n) is 1.66. The molecule has 0 bridgehead atoms. The third-order valence-electron chi connectivity index (χ3n) is 2.45. The number of carbonyl (C=O) groups excluding carboxylic acids is 1. The summed E-state index contributed by atoms with van der Waals surface area (Å²) in [5.41, 5.74) is 1.55. The average molecular weight is 209 g/mol. The standard InChI is InChI=1S/C14H11NO/c1-2-3-8-14(16)12-9-10-15-13-7-5-4-6-11(12)13/h1,4-7,9-10H,3,8H2. The molecule has 16 heavy (non-hydrogen) atoms. The van der Waals surface area contributed by atoms with Crippen LogP contribution in [0.1, 0.15) is 23.2 Å². The second kappa shape index (κ2) is 4.59. The third kappa shape index (κ3) is 1.94. The van der Waals surface area contributed by atoms with E-state index in [4.69, 9.17) is 6.42 Å². The highest BCUT2D eigenvalue weighted by Gasteiger charge is 2.08. The van der Waals surface area contributed by atoms with Crippen LogP contribution in [0.15, 0.2) is 36.5 Å². The van der Waals surface area contributed by atoms with Crippen LogP contribution in [0.25, 0.3) is 10.9 Å². The molecular formula is C14H11NO. The number of pyridine rings is 1. The lowest BCUT2D eigenvalue weighted by atomic mass is 10.0. The minimum absolute atomic E-state index is 0.0801. The van der Waals surface area contributed by atoms with E-state index in [1.165, 1.54) is 0 Å². The molecule has 1 aromatic carbocycles. The maximum atomic E-state index is 11.9. The summed E-state index contributed by atoms with van der Waals surface area (Å²) in [5, 5.41) is 0.895. The van der Waals surface area contributed by atoms with Gasteiger partial charge in [0.1, 0.15) is 0 Å². The third-order valence-corrected chi connectivity index (χ3v) is 2.45. The monoisotopic (exact) mass is 209 g/mol. The first-order valence-electron chi connectivity index (χ1n) is 5.13. The Balaban J connectivity index is 2.45. The van der Waals surface area contributed by atoms with E-state index < -0.39 is 0 Å². The molecule has 0 N–H and O–H groups in total. The Kier molecular flexibility index (Phi) is 2.98. The zero-order valence-electron chi connectivity index (χ0n) is 8.81. The number of Topliss-reactive ketones (excluding diaryl/α,β-unsaturated/α-hetero) is 1. The van der Waals surface area contributed by atoms with Crippen molar-refractivity contribution in [1.29, 1.82) is 0 Å². The van der Waals surface area contributed by atoms with Gasteiger partial charge in [-0.3, -0.25) is 9.78 Å². The van der Waals surface area contributed by atoms with Crippen LogP contribution in [-0.2, 0) is 0 Å². The van der Waals surface area contributed by atoms with E-state index in [0.717, 1.165) is 10.9 Å². The SMILES string of the molecule is C#CCCC(=O)c1ccnc2ccccc12. The lowest BCUT2D eigenvalue weighted by Crippen LogP contribution is -2.00. The fourth-order valence-corrected chi connectivity index (χ4v) is 1.66. The number of para-hydroxylation sites is 1. The van der Waals surface area contributed by atoms with Gasteiger partial charge in [-0.15, -0.1) is 12.3 Å². The quantitative estimate of drug-likeness (QED) is 0.574. The zero-order valence-corrected chi connectivity index (χ0v) is 8.81. The molecular weight excluding hydrogens is 198 g/mol. The van der Waals surface area contributed by atoms with Gasteiger partial charge in [0.25, 0.3) is 0 Å². The van der Waals surface area contributed by atoms with Gasteiger partial charge in [0.2, 0.25) is 0 Å². The van der Waals surface area contributed by atoms with Crippen LogP contribution in [0.5, 0.6) is 0 Å².